The first-order chi connectivity index (χ1) is 16.1. The first kappa shape index (κ1) is 25.5. The molecule has 0 spiro atoms. The number of carbonyl (C=O) groups excluding carboxylic acids is 1. The standard InChI is InChI=1S/C28H34N2O3S/c1-20(2)18-26(24-12-7-6-8-13-24)29-28(31)25-16-14-23(15-17-25)19-30(34(5,32)33)27-21(3)10-9-11-22(27)4/h6-17,20,26H,18-19H2,1-5H3,(H,29,31)/t26-/m1/s1. The molecule has 0 aliphatic heterocycles. The molecule has 0 radical (unpaired) electrons. The van der Waals surface area contributed by atoms with Gasteiger partial charge in [0.05, 0.1) is 24.5 Å². The Labute approximate surface area is 203 Å². The highest BCUT2D eigenvalue weighted by atomic mass is 32.2. The van der Waals surface area contributed by atoms with E-state index < -0.39 is 10.0 Å². The minimum Gasteiger partial charge on any atom is -0.345 e. The van der Waals surface area contributed by atoms with Gasteiger partial charge in [-0.3, -0.25) is 9.10 Å². The number of nitrogens with zero attached hydrogens (tertiary/aromatic N) is 1. The second kappa shape index (κ2) is 10.9. The van der Waals surface area contributed by atoms with Crippen molar-refractivity contribution >= 4 is 21.6 Å². The van der Waals surface area contributed by atoms with E-state index in [0.717, 1.165) is 28.7 Å². The van der Waals surface area contributed by atoms with Crippen molar-refractivity contribution in [3.63, 3.8) is 0 Å². The molecule has 1 N–H and O–H groups in total. The number of sulfonamides is 1. The minimum atomic E-state index is -3.49. The Morgan fingerprint density at radius 2 is 1.47 bits per heavy atom. The molecular weight excluding hydrogens is 444 g/mol. The van der Waals surface area contributed by atoms with Gasteiger partial charge in [-0.05, 0) is 60.6 Å². The zero-order chi connectivity index (χ0) is 24.9. The molecule has 0 saturated heterocycles. The van der Waals surface area contributed by atoms with Gasteiger partial charge >= 0.3 is 0 Å². The predicted octanol–water partition coefficient (Wildman–Crippen LogP) is 5.79. The molecular formula is C28H34N2O3S. The zero-order valence-corrected chi connectivity index (χ0v) is 21.4. The van der Waals surface area contributed by atoms with Gasteiger partial charge in [0, 0.05) is 5.56 Å². The van der Waals surface area contributed by atoms with Crippen LogP contribution in [0.1, 0.15) is 58.9 Å². The van der Waals surface area contributed by atoms with Crippen LogP contribution in [-0.2, 0) is 16.6 Å². The number of hydrogen-bond donors (Lipinski definition) is 1. The van der Waals surface area contributed by atoms with E-state index in [2.05, 4.69) is 19.2 Å². The van der Waals surface area contributed by atoms with E-state index in [-0.39, 0.29) is 18.5 Å². The van der Waals surface area contributed by atoms with Crippen molar-refractivity contribution in [1.29, 1.82) is 0 Å². The van der Waals surface area contributed by atoms with E-state index in [1.54, 1.807) is 12.1 Å². The van der Waals surface area contributed by atoms with Crippen LogP contribution in [0.3, 0.4) is 0 Å². The summed E-state index contributed by atoms with van der Waals surface area (Å²) in [6, 6.07) is 22.8. The Hall–Kier alpha value is -3.12. The van der Waals surface area contributed by atoms with Crippen LogP contribution in [0.2, 0.25) is 0 Å². The third-order valence-electron chi connectivity index (χ3n) is 5.85. The van der Waals surface area contributed by atoms with E-state index in [1.165, 1.54) is 10.6 Å². The van der Waals surface area contributed by atoms with Crippen LogP contribution >= 0.6 is 0 Å². The second-order valence-corrected chi connectivity index (χ2v) is 11.2. The number of aryl methyl sites for hydroxylation is 2. The average molecular weight is 479 g/mol. The highest BCUT2D eigenvalue weighted by Crippen LogP contribution is 2.28. The molecule has 1 amide bonds. The summed E-state index contributed by atoms with van der Waals surface area (Å²) in [5.41, 5.74) is 4.94. The average Bonchev–Trinajstić information content (AvgIpc) is 2.78. The van der Waals surface area contributed by atoms with Gasteiger partial charge in [-0.1, -0.05) is 74.5 Å². The van der Waals surface area contributed by atoms with Gasteiger partial charge in [-0.15, -0.1) is 0 Å². The van der Waals surface area contributed by atoms with E-state index in [4.69, 9.17) is 0 Å². The fourth-order valence-corrected chi connectivity index (χ4v) is 5.17. The molecule has 0 unspecified atom stereocenters. The predicted molar refractivity (Wildman–Crippen MR) is 139 cm³/mol. The maximum Gasteiger partial charge on any atom is 0.251 e. The minimum absolute atomic E-state index is 0.0712. The number of benzene rings is 3. The summed E-state index contributed by atoms with van der Waals surface area (Å²) in [6.45, 7) is 8.30. The summed E-state index contributed by atoms with van der Waals surface area (Å²) < 4.78 is 26.7. The van der Waals surface area contributed by atoms with Crippen molar-refractivity contribution in [1.82, 2.24) is 5.32 Å². The Kier molecular flexibility index (Phi) is 8.15. The van der Waals surface area contributed by atoms with Crippen molar-refractivity contribution in [2.24, 2.45) is 5.92 Å². The van der Waals surface area contributed by atoms with Crippen molar-refractivity contribution in [2.75, 3.05) is 10.6 Å². The fourth-order valence-electron chi connectivity index (χ4n) is 4.17. The second-order valence-electron chi connectivity index (χ2n) is 9.27. The first-order valence-electron chi connectivity index (χ1n) is 11.5. The van der Waals surface area contributed by atoms with E-state index in [9.17, 15) is 13.2 Å². The van der Waals surface area contributed by atoms with Crippen LogP contribution in [0.4, 0.5) is 5.69 Å². The van der Waals surface area contributed by atoms with Gasteiger partial charge in [0.25, 0.3) is 5.91 Å². The van der Waals surface area contributed by atoms with Crippen LogP contribution in [0, 0.1) is 19.8 Å². The van der Waals surface area contributed by atoms with Crippen LogP contribution in [0.25, 0.3) is 0 Å². The summed E-state index contributed by atoms with van der Waals surface area (Å²) in [6.07, 6.45) is 2.06. The van der Waals surface area contributed by atoms with Gasteiger partial charge in [0.2, 0.25) is 10.0 Å². The van der Waals surface area contributed by atoms with Gasteiger partial charge in [-0.25, -0.2) is 8.42 Å². The first-order valence-corrected chi connectivity index (χ1v) is 13.4. The van der Waals surface area contributed by atoms with Crippen molar-refractivity contribution < 1.29 is 13.2 Å². The van der Waals surface area contributed by atoms with E-state index >= 15 is 0 Å². The molecule has 0 aromatic heterocycles. The quantitative estimate of drug-likeness (QED) is 0.423. The molecule has 0 heterocycles. The maximum absolute atomic E-state index is 13.0. The fraction of sp³-hybridized carbons (Fsp3) is 0.321. The van der Waals surface area contributed by atoms with Crippen LogP contribution in [0.5, 0.6) is 0 Å². The molecule has 0 aliphatic carbocycles. The molecule has 5 nitrogen and oxygen atoms in total. The summed E-state index contributed by atoms with van der Waals surface area (Å²) >= 11 is 0. The lowest BCUT2D eigenvalue weighted by Crippen LogP contribution is -2.31. The van der Waals surface area contributed by atoms with E-state index in [1.807, 2.05) is 74.5 Å². The number of amides is 1. The maximum atomic E-state index is 13.0. The molecule has 1 atom stereocenters. The highest BCUT2D eigenvalue weighted by Gasteiger charge is 2.22. The van der Waals surface area contributed by atoms with Crippen LogP contribution in [0.15, 0.2) is 72.8 Å². The Bertz CT molecular complexity index is 1200. The largest absolute Gasteiger partial charge is 0.345 e. The summed E-state index contributed by atoms with van der Waals surface area (Å²) in [5.74, 6) is 0.288. The monoisotopic (exact) mass is 478 g/mol. The molecule has 0 saturated carbocycles. The lowest BCUT2D eigenvalue weighted by molar-refractivity contribution is 0.0932. The molecule has 3 aromatic carbocycles. The lowest BCUT2D eigenvalue weighted by atomic mass is 9.96. The Morgan fingerprint density at radius 3 is 2.00 bits per heavy atom. The SMILES string of the molecule is Cc1cccc(C)c1N(Cc1ccc(C(=O)N[C@H](CC(C)C)c2ccccc2)cc1)S(C)(=O)=O. The summed E-state index contributed by atoms with van der Waals surface area (Å²) in [4.78, 5) is 13.0. The van der Waals surface area contributed by atoms with Crippen molar-refractivity contribution in [2.45, 2.75) is 46.7 Å². The smallest absolute Gasteiger partial charge is 0.251 e. The van der Waals surface area contributed by atoms with Crippen LogP contribution in [-0.4, -0.2) is 20.6 Å². The Balaban J connectivity index is 1.80. The number of rotatable bonds is 9. The number of nitrogens with one attached hydrogen (secondary N) is 1. The molecule has 180 valence electrons. The topological polar surface area (TPSA) is 66.5 Å². The molecule has 3 aromatic rings. The van der Waals surface area contributed by atoms with Gasteiger partial charge in [-0.2, -0.15) is 0 Å². The third kappa shape index (κ3) is 6.48. The normalized spacial score (nSPS) is 12.4. The number of anilines is 1. The Morgan fingerprint density at radius 1 is 0.882 bits per heavy atom. The molecule has 34 heavy (non-hydrogen) atoms. The van der Waals surface area contributed by atoms with Gasteiger partial charge in [0.15, 0.2) is 0 Å². The van der Waals surface area contributed by atoms with E-state index in [0.29, 0.717) is 17.2 Å². The number of para-hydroxylation sites is 1. The van der Waals surface area contributed by atoms with Gasteiger partial charge in [0.1, 0.15) is 0 Å². The highest BCUT2D eigenvalue weighted by molar-refractivity contribution is 7.92. The van der Waals surface area contributed by atoms with Crippen molar-refractivity contribution in [3.8, 4) is 0 Å². The molecule has 0 aliphatic rings. The van der Waals surface area contributed by atoms with Crippen molar-refractivity contribution in [3.05, 3.63) is 101 Å². The van der Waals surface area contributed by atoms with Crippen LogP contribution < -0.4 is 9.62 Å². The lowest BCUT2D eigenvalue weighted by Gasteiger charge is -2.26. The summed E-state index contributed by atoms with van der Waals surface area (Å²) in [7, 11) is -3.49. The molecule has 6 heteroatoms. The number of hydrogen-bond acceptors (Lipinski definition) is 3. The van der Waals surface area contributed by atoms with Gasteiger partial charge < -0.3 is 5.32 Å². The zero-order valence-electron chi connectivity index (χ0n) is 20.6. The molecule has 3 rings (SSSR count). The molecule has 0 fully saturated rings. The number of carbonyl (C=O) groups is 1. The third-order valence-corrected chi connectivity index (χ3v) is 6.96. The molecule has 0 bridgehead atoms. The summed E-state index contributed by atoms with van der Waals surface area (Å²) in [5, 5.41) is 3.16.